The van der Waals surface area contributed by atoms with Gasteiger partial charge in [-0.3, -0.25) is 10.1 Å². The number of rotatable bonds is 6. The van der Waals surface area contributed by atoms with Crippen LogP contribution in [0.3, 0.4) is 0 Å². The summed E-state index contributed by atoms with van der Waals surface area (Å²) in [6, 6.07) is 5.11. The SMILES string of the molecule is CC(C)(C)NCc1ccc([N+](=O)[O-])c(OCC2CCC2)c1. The van der Waals surface area contributed by atoms with Crippen molar-refractivity contribution in [3.63, 3.8) is 0 Å². The fourth-order valence-corrected chi connectivity index (χ4v) is 2.17. The van der Waals surface area contributed by atoms with Gasteiger partial charge in [-0.15, -0.1) is 0 Å². The predicted molar refractivity (Wildman–Crippen MR) is 82.5 cm³/mol. The van der Waals surface area contributed by atoms with E-state index >= 15 is 0 Å². The first-order valence-electron chi connectivity index (χ1n) is 7.50. The summed E-state index contributed by atoms with van der Waals surface area (Å²) in [5.41, 5.74) is 1.06. The summed E-state index contributed by atoms with van der Waals surface area (Å²) in [7, 11) is 0. The summed E-state index contributed by atoms with van der Waals surface area (Å²) in [5.74, 6) is 0.945. The summed E-state index contributed by atoms with van der Waals surface area (Å²) in [4.78, 5) is 10.7. The molecule has 1 saturated carbocycles. The van der Waals surface area contributed by atoms with Gasteiger partial charge in [0.2, 0.25) is 0 Å². The molecule has 0 heterocycles. The lowest BCUT2D eigenvalue weighted by Crippen LogP contribution is -2.35. The number of ether oxygens (including phenoxy) is 1. The second kappa shape index (κ2) is 6.43. The highest BCUT2D eigenvalue weighted by Gasteiger charge is 2.21. The van der Waals surface area contributed by atoms with E-state index in [1.54, 1.807) is 12.1 Å². The number of hydrogen-bond donors (Lipinski definition) is 1. The minimum absolute atomic E-state index is 0.00866. The van der Waals surface area contributed by atoms with E-state index in [4.69, 9.17) is 4.74 Å². The highest BCUT2D eigenvalue weighted by molar-refractivity contribution is 5.48. The molecule has 1 N–H and O–H groups in total. The van der Waals surface area contributed by atoms with E-state index in [-0.39, 0.29) is 16.1 Å². The molecule has 0 atom stereocenters. The Balaban J connectivity index is 2.07. The van der Waals surface area contributed by atoms with Crippen LogP contribution < -0.4 is 10.1 Å². The summed E-state index contributed by atoms with van der Waals surface area (Å²) < 4.78 is 5.71. The van der Waals surface area contributed by atoms with Crippen molar-refractivity contribution in [3.8, 4) is 5.75 Å². The molecule has 116 valence electrons. The molecule has 2 rings (SSSR count). The quantitative estimate of drug-likeness (QED) is 0.642. The molecule has 0 saturated heterocycles. The van der Waals surface area contributed by atoms with E-state index in [1.807, 2.05) is 0 Å². The van der Waals surface area contributed by atoms with Gasteiger partial charge in [0.15, 0.2) is 5.75 Å². The summed E-state index contributed by atoms with van der Waals surface area (Å²) >= 11 is 0. The fraction of sp³-hybridized carbons (Fsp3) is 0.625. The zero-order valence-electron chi connectivity index (χ0n) is 13.0. The number of nitrogens with zero attached hydrogens (tertiary/aromatic N) is 1. The molecule has 1 fully saturated rings. The third kappa shape index (κ3) is 4.70. The van der Waals surface area contributed by atoms with Gasteiger partial charge in [0.25, 0.3) is 0 Å². The Kier molecular flexibility index (Phi) is 4.83. The third-order valence-corrected chi connectivity index (χ3v) is 3.74. The summed E-state index contributed by atoms with van der Waals surface area (Å²) in [6.45, 7) is 7.52. The van der Waals surface area contributed by atoms with Crippen molar-refractivity contribution in [2.75, 3.05) is 6.61 Å². The molecular weight excluding hydrogens is 268 g/mol. The molecule has 0 aromatic heterocycles. The molecule has 0 unspecified atom stereocenters. The van der Waals surface area contributed by atoms with Gasteiger partial charge >= 0.3 is 5.69 Å². The molecule has 1 aliphatic carbocycles. The Hall–Kier alpha value is -1.62. The van der Waals surface area contributed by atoms with Gasteiger partial charge in [-0.1, -0.05) is 12.5 Å². The standard InChI is InChI=1S/C16H24N2O3/c1-16(2,3)17-10-13-7-8-14(18(19)20)15(9-13)21-11-12-5-4-6-12/h7-9,12,17H,4-6,10-11H2,1-3H3. The monoisotopic (exact) mass is 292 g/mol. The summed E-state index contributed by atoms with van der Waals surface area (Å²) in [6.07, 6.45) is 3.57. The average molecular weight is 292 g/mol. The molecule has 0 radical (unpaired) electrons. The van der Waals surface area contributed by atoms with Gasteiger partial charge in [-0.2, -0.15) is 0 Å². The Morgan fingerprint density at radius 2 is 2.10 bits per heavy atom. The lowest BCUT2D eigenvalue weighted by atomic mass is 9.86. The smallest absolute Gasteiger partial charge is 0.310 e. The molecule has 1 aromatic carbocycles. The van der Waals surface area contributed by atoms with Crippen LogP contribution >= 0.6 is 0 Å². The van der Waals surface area contributed by atoms with Crippen LogP contribution in [0.15, 0.2) is 18.2 Å². The van der Waals surface area contributed by atoms with Crippen molar-refractivity contribution in [2.45, 2.75) is 52.1 Å². The highest BCUT2D eigenvalue weighted by atomic mass is 16.6. The van der Waals surface area contributed by atoms with Crippen LogP contribution in [-0.2, 0) is 6.54 Å². The number of nitro benzene ring substituents is 1. The van der Waals surface area contributed by atoms with Crippen molar-refractivity contribution >= 4 is 5.69 Å². The van der Waals surface area contributed by atoms with Gasteiger partial charge in [-0.25, -0.2) is 0 Å². The maximum atomic E-state index is 11.1. The maximum absolute atomic E-state index is 11.1. The predicted octanol–water partition coefficient (Wildman–Crippen LogP) is 3.66. The van der Waals surface area contributed by atoms with E-state index in [0.29, 0.717) is 24.8 Å². The first-order valence-corrected chi connectivity index (χ1v) is 7.50. The Morgan fingerprint density at radius 3 is 2.62 bits per heavy atom. The van der Waals surface area contributed by atoms with Crippen molar-refractivity contribution in [1.82, 2.24) is 5.32 Å². The van der Waals surface area contributed by atoms with Gasteiger partial charge in [-0.05, 0) is 51.2 Å². The molecule has 0 aliphatic heterocycles. The van der Waals surface area contributed by atoms with Gasteiger partial charge in [0, 0.05) is 18.2 Å². The van der Waals surface area contributed by atoms with E-state index in [0.717, 1.165) is 5.56 Å². The topological polar surface area (TPSA) is 64.4 Å². The average Bonchev–Trinajstić information content (AvgIpc) is 2.33. The van der Waals surface area contributed by atoms with Crippen molar-refractivity contribution < 1.29 is 9.66 Å². The van der Waals surface area contributed by atoms with Gasteiger partial charge in [0.05, 0.1) is 11.5 Å². The molecule has 0 amide bonds. The Labute approximate surface area is 125 Å². The molecule has 5 nitrogen and oxygen atoms in total. The maximum Gasteiger partial charge on any atom is 0.310 e. The molecule has 21 heavy (non-hydrogen) atoms. The van der Waals surface area contributed by atoms with E-state index in [1.165, 1.54) is 25.3 Å². The largest absolute Gasteiger partial charge is 0.487 e. The molecule has 0 bridgehead atoms. The fourth-order valence-electron chi connectivity index (χ4n) is 2.17. The number of benzene rings is 1. The number of hydrogen-bond acceptors (Lipinski definition) is 4. The van der Waals surface area contributed by atoms with E-state index in [9.17, 15) is 10.1 Å². The van der Waals surface area contributed by atoms with Crippen LogP contribution in [0.25, 0.3) is 0 Å². The van der Waals surface area contributed by atoms with E-state index in [2.05, 4.69) is 26.1 Å². The second-order valence-corrected chi connectivity index (χ2v) is 6.77. The van der Waals surface area contributed by atoms with Crippen LogP contribution in [0.5, 0.6) is 5.75 Å². The first-order chi connectivity index (χ1) is 9.85. The molecule has 0 spiro atoms. The number of nitrogens with one attached hydrogen (secondary N) is 1. The van der Waals surface area contributed by atoms with Crippen LogP contribution in [0.1, 0.15) is 45.6 Å². The van der Waals surface area contributed by atoms with Crippen molar-refractivity contribution in [1.29, 1.82) is 0 Å². The second-order valence-electron chi connectivity index (χ2n) is 6.77. The van der Waals surface area contributed by atoms with Gasteiger partial charge < -0.3 is 10.1 Å². The van der Waals surface area contributed by atoms with Crippen LogP contribution in [0.4, 0.5) is 5.69 Å². The van der Waals surface area contributed by atoms with E-state index < -0.39 is 0 Å². The Bertz CT molecular complexity index is 505. The van der Waals surface area contributed by atoms with Crippen LogP contribution in [0.2, 0.25) is 0 Å². The van der Waals surface area contributed by atoms with Crippen LogP contribution in [-0.4, -0.2) is 17.1 Å². The molecular formula is C16H24N2O3. The zero-order chi connectivity index (χ0) is 15.5. The molecule has 1 aromatic rings. The Morgan fingerprint density at radius 1 is 1.38 bits per heavy atom. The molecule has 1 aliphatic rings. The van der Waals surface area contributed by atoms with Gasteiger partial charge in [0.1, 0.15) is 0 Å². The van der Waals surface area contributed by atoms with Crippen molar-refractivity contribution in [3.05, 3.63) is 33.9 Å². The zero-order valence-corrected chi connectivity index (χ0v) is 13.0. The molecule has 5 heteroatoms. The van der Waals surface area contributed by atoms with Crippen molar-refractivity contribution in [2.24, 2.45) is 5.92 Å². The summed E-state index contributed by atoms with van der Waals surface area (Å²) in [5, 5.41) is 14.5. The first kappa shape index (κ1) is 15.8. The normalized spacial score (nSPS) is 15.6. The third-order valence-electron chi connectivity index (χ3n) is 3.74. The highest BCUT2D eigenvalue weighted by Crippen LogP contribution is 2.31. The lowest BCUT2D eigenvalue weighted by molar-refractivity contribution is -0.385. The lowest BCUT2D eigenvalue weighted by Gasteiger charge is -2.25. The van der Waals surface area contributed by atoms with Crippen LogP contribution in [0, 0.1) is 16.0 Å². The minimum Gasteiger partial charge on any atom is -0.487 e. The number of nitro groups is 1. The minimum atomic E-state index is -0.378.